The van der Waals surface area contributed by atoms with Crippen LogP contribution in [0.4, 0.5) is 0 Å². The van der Waals surface area contributed by atoms with Gasteiger partial charge in [0, 0.05) is 6.42 Å². The van der Waals surface area contributed by atoms with Gasteiger partial charge >= 0.3 is 5.97 Å². The average molecular weight is 1010 g/mol. The van der Waals surface area contributed by atoms with E-state index in [1.165, 1.54) is 167 Å². The molecule has 0 spiro atoms. The number of hydrogen-bond acceptors (Lipinski definition) is 10. The lowest BCUT2D eigenvalue weighted by atomic mass is 9.99. The number of aliphatic hydroxyl groups is 5. The molecule has 1 aliphatic heterocycles. The number of unbranched alkanes of at least 4 members (excludes halogenated alkanes) is 35. The first-order valence-electron chi connectivity index (χ1n) is 30.1. The summed E-state index contributed by atoms with van der Waals surface area (Å²) >= 11 is 0. The van der Waals surface area contributed by atoms with E-state index in [-0.39, 0.29) is 19.4 Å². The van der Waals surface area contributed by atoms with Gasteiger partial charge in [-0.2, -0.15) is 0 Å². The molecule has 11 nitrogen and oxygen atoms in total. The van der Waals surface area contributed by atoms with Crippen molar-refractivity contribution >= 4 is 11.9 Å². The standard InChI is InChI=1S/C60H113NO10/c1-4-7-10-13-16-19-22-25-26-27-30-32-35-38-41-44-47-53(64)59(68)61-51(52(63)46-43-40-37-34-31-28-23-20-17-14-11-8-5-2)50-69-60-58(57(67)56(66)54(49-62)70-60)71-55(65)48-45-42-39-36-33-29-24-21-18-15-12-9-6-3/h25-26,43,46,51-54,56-58,60,62-64,66-67H,4-24,27-42,44-45,47-50H2,1-3H3,(H,61,68)/b26-25+,46-43+. The van der Waals surface area contributed by atoms with Gasteiger partial charge < -0.3 is 45.1 Å². The summed E-state index contributed by atoms with van der Waals surface area (Å²) in [7, 11) is 0. The van der Waals surface area contributed by atoms with Crippen molar-refractivity contribution in [2.24, 2.45) is 0 Å². The van der Waals surface area contributed by atoms with Crippen LogP contribution in [0.5, 0.6) is 0 Å². The number of carbonyl (C=O) groups is 2. The van der Waals surface area contributed by atoms with Crippen molar-refractivity contribution in [3.05, 3.63) is 24.3 Å². The van der Waals surface area contributed by atoms with Gasteiger partial charge in [-0.3, -0.25) is 9.59 Å². The van der Waals surface area contributed by atoms with Crippen LogP contribution in [-0.2, 0) is 23.8 Å². The summed E-state index contributed by atoms with van der Waals surface area (Å²) in [6.07, 6.45) is 45.0. The predicted octanol–water partition coefficient (Wildman–Crippen LogP) is 13.7. The monoisotopic (exact) mass is 1010 g/mol. The molecular weight excluding hydrogens is 895 g/mol. The molecule has 1 heterocycles. The Hall–Kier alpha value is -1.86. The maximum Gasteiger partial charge on any atom is 0.306 e. The van der Waals surface area contributed by atoms with Crippen molar-refractivity contribution in [1.29, 1.82) is 0 Å². The average Bonchev–Trinajstić information content (AvgIpc) is 3.37. The van der Waals surface area contributed by atoms with Gasteiger partial charge in [0.2, 0.25) is 5.91 Å². The van der Waals surface area contributed by atoms with Crippen LogP contribution < -0.4 is 5.32 Å². The SMILES string of the molecule is CCCCCCCC/C=C/CCCCCCCCC(O)C(=O)NC(COC1OC(CO)C(O)C(O)C1OC(=O)CCCCCCCCCCCCCCC)C(O)/C=C/CCCCCCCCCCCCC. The van der Waals surface area contributed by atoms with Crippen molar-refractivity contribution in [2.45, 2.75) is 333 Å². The Bertz CT molecular complexity index is 1250. The topological polar surface area (TPSA) is 175 Å². The summed E-state index contributed by atoms with van der Waals surface area (Å²) in [4.78, 5) is 26.5. The van der Waals surface area contributed by atoms with Crippen LogP contribution >= 0.6 is 0 Å². The number of rotatable bonds is 51. The first-order valence-corrected chi connectivity index (χ1v) is 30.1. The lowest BCUT2D eigenvalue weighted by Crippen LogP contribution is -2.61. The van der Waals surface area contributed by atoms with Crippen molar-refractivity contribution in [2.75, 3.05) is 13.2 Å². The Labute approximate surface area is 435 Å². The molecule has 0 aromatic rings. The van der Waals surface area contributed by atoms with E-state index >= 15 is 0 Å². The summed E-state index contributed by atoms with van der Waals surface area (Å²) in [6.45, 7) is 5.79. The van der Waals surface area contributed by atoms with Crippen molar-refractivity contribution in [3.63, 3.8) is 0 Å². The van der Waals surface area contributed by atoms with E-state index in [2.05, 4.69) is 38.2 Å². The molecular formula is C60H113NO10. The summed E-state index contributed by atoms with van der Waals surface area (Å²) in [5.41, 5.74) is 0. The molecule has 0 radical (unpaired) electrons. The number of esters is 1. The minimum atomic E-state index is -1.61. The minimum Gasteiger partial charge on any atom is -0.454 e. The molecule has 1 rings (SSSR count). The molecule has 1 aliphatic rings. The van der Waals surface area contributed by atoms with Gasteiger partial charge in [0.25, 0.3) is 0 Å². The molecule has 8 unspecified atom stereocenters. The summed E-state index contributed by atoms with van der Waals surface area (Å²) in [6, 6.07) is -1.02. The fourth-order valence-electron chi connectivity index (χ4n) is 9.53. The van der Waals surface area contributed by atoms with Crippen LogP contribution in [0.1, 0.15) is 284 Å². The molecule has 71 heavy (non-hydrogen) atoms. The van der Waals surface area contributed by atoms with Crippen LogP contribution in [0, 0.1) is 0 Å². The zero-order valence-corrected chi connectivity index (χ0v) is 46.1. The molecule has 8 atom stereocenters. The van der Waals surface area contributed by atoms with E-state index in [0.717, 1.165) is 70.6 Å². The zero-order valence-electron chi connectivity index (χ0n) is 46.1. The Morgan fingerprint density at radius 3 is 1.37 bits per heavy atom. The molecule has 0 aromatic carbocycles. The third-order valence-electron chi connectivity index (χ3n) is 14.4. The quantitative estimate of drug-likeness (QED) is 0.0195. The highest BCUT2D eigenvalue weighted by Crippen LogP contribution is 2.26. The molecule has 0 bridgehead atoms. The first-order chi connectivity index (χ1) is 34.7. The Kier molecular flexibility index (Phi) is 46.4. The highest BCUT2D eigenvalue weighted by atomic mass is 16.7. The number of aliphatic hydroxyl groups excluding tert-OH is 5. The van der Waals surface area contributed by atoms with Crippen LogP contribution in [0.2, 0.25) is 0 Å². The van der Waals surface area contributed by atoms with Crippen LogP contribution in [0.15, 0.2) is 24.3 Å². The van der Waals surface area contributed by atoms with E-state index in [4.69, 9.17) is 14.2 Å². The summed E-state index contributed by atoms with van der Waals surface area (Å²) < 4.78 is 17.6. The number of hydrogen-bond donors (Lipinski definition) is 6. The molecule has 0 saturated carbocycles. The second-order valence-corrected chi connectivity index (χ2v) is 21.1. The number of carbonyl (C=O) groups excluding carboxylic acids is 2. The molecule has 418 valence electrons. The fraction of sp³-hybridized carbons (Fsp3) is 0.900. The van der Waals surface area contributed by atoms with Gasteiger partial charge in [-0.15, -0.1) is 0 Å². The van der Waals surface area contributed by atoms with E-state index in [1.807, 2.05) is 6.08 Å². The van der Waals surface area contributed by atoms with Gasteiger partial charge in [-0.1, -0.05) is 251 Å². The lowest BCUT2D eigenvalue weighted by molar-refractivity contribution is -0.305. The van der Waals surface area contributed by atoms with Gasteiger partial charge in [0.15, 0.2) is 12.4 Å². The molecule has 0 aromatic heterocycles. The molecule has 1 saturated heterocycles. The lowest BCUT2D eigenvalue weighted by Gasteiger charge is -2.41. The number of amides is 1. The summed E-state index contributed by atoms with van der Waals surface area (Å²) in [5.74, 6) is -1.19. The van der Waals surface area contributed by atoms with Gasteiger partial charge in [-0.05, 0) is 51.4 Å². The molecule has 1 fully saturated rings. The van der Waals surface area contributed by atoms with Crippen LogP contribution in [-0.4, -0.2) is 99.6 Å². The van der Waals surface area contributed by atoms with E-state index < -0.39 is 67.4 Å². The third kappa shape index (κ3) is 37.5. The van der Waals surface area contributed by atoms with Gasteiger partial charge in [-0.25, -0.2) is 0 Å². The number of allylic oxidation sites excluding steroid dienone is 3. The normalized spacial score (nSPS) is 19.7. The van der Waals surface area contributed by atoms with Crippen molar-refractivity contribution < 1.29 is 49.3 Å². The third-order valence-corrected chi connectivity index (χ3v) is 14.4. The molecule has 11 heteroatoms. The Morgan fingerprint density at radius 2 is 0.930 bits per heavy atom. The van der Waals surface area contributed by atoms with Gasteiger partial charge in [0.05, 0.1) is 25.4 Å². The maximum absolute atomic E-state index is 13.4. The number of nitrogens with one attached hydrogen (secondary N) is 1. The summed E-state index contributed by atoms with van der Waals surface area (Å²) in [5, 5.41) is 56.9. The van der Waals surface area contributed by atoms with E-state index in [1.54, 1.807) is 6.08 Å². The molecule has 1 amide bonds. The van der Waals surface area contributed by atoms with Gasteiger partial charge in [0.1, 0.15) is 24.4 Å². The molecule has 0 aliphatic carbocycles. The molecule has 6 N–H and O–H groups in total. The Morgan fingerprint density at radius 1 is 0.535 bits per heavy atom. The fourth-order valence-corrected chi connectivity index (χ4v) is 9.53. The second kappa shape index (κ2) is 49.0. The Balaban J connectivity index is 2.72. The van der Waals surface area contributed by atoms with Crippen LogP contribution in [0.3, 0.4) is 0 Å². The zero-order chi connectivity index (χ0) is 51.8. The minimum absolute atomic E-state index is 0.128. The maximum atomic E-state index is 13.4. The van der Waals surface area contributed by atoms with Crippen molar-refractivity contribution in [1.82, 2.24) is 5.32 Å². The largest absolute Gasteiger partial charge is 0.454 e. The van der Waals surface area contributed by atoms with Crippen LogP contribution in [0.25, 0.3) is 0 Å². The second-order valence-electron chi connectivity index (χ2n) is 21.1. The van der Waals surface area contributed by atoms with E-state index in [0.29, 0.717) is 12.8 Å². The van der Waals surface area contributed by atoms with E-state index in [9.17, 15) is 35.1 Å². The first kappa shape index (κ1) is 67.2. The van der Waals surface area contributed by atoms with Crippen molar-refractivity contribution in [3.8, 4) is 0 Å². The highest BCUT2D eigenvalue weighted by Gasteiger charge is 2.47. The predicted molar refractivity (Wildman–Crippen MR) is 292 cm³/mol. The number of ether oxygens (including phenoxy) is 3. The highest BCUT2D eigenvalue weighted by molar-refractivity contribution is 5.80. The smallest absolute Gasteiger partial charge is 0.306 e.